The Morgan fingerprint density at radius 2 is 1.88 bits per heavy atom. The first-order chi connectivity index (χ1) is 15.7. The van der Waals surface area contributed by atoms with Crippen molar-refractivity contribution in [3.8, 4) is 11.4 Å². The third-order valence-corrected chi connectivity index (χ3v) is 7.73. The van der Waals surface area contributed by atoms with Crippen molar-refractivity contribution in [2.75, 3.05) is 0 Å². The van der Waals surface area contributed by atoms with E-state index < -0.39 is 32.5 Å². The minimum atomic E-state index is -4.80. The number of nitrogens with two attached hydrogens (primary N) is 1. The average molecular weight is 516 g/mol. The second-order valence-corrected chi connectivity index (χ2v) is 10.8. The molecule has 4 rings (SSSR count). The zero-order chi connectivity index (χ0) is 25.1. The summed E-state index contributed by atoms with van der Waals surface area (Å²) in [6.07, 6.45) is 0.240. The van der Waals surface area contributed by atoms with E-state index in [1.165, 1.54) is 12.3 Å². The number of amides is 1. The molecule has 3 heterocycles. The molecule has 1 fully saturated rings. The summed E-state index contributed by atoms with van der Waals surface area (Å²) < 4.78 is 68.2. The third kappa shape index (κ3) is 4.14. The summed E-state index contributed by atoms with van der Waals surface area (Å²) in [7, 11) is -4.54. The summed E-state index contributed by atoms with van der Waals surface area (Å²) in [6, 6.07) is 4.06. The van der Waals surface area contributed by atoms with Gasteiger partial charge in [-0.1, -0.05) is 11.6 Å². The second-order valence-electron chi connectivity index (χ2n) is 8.67. The van der Waals surface area contributed by atoms with Gasteiger partial charge in [0.25, 0.3) is 5.91 Å². The van der Waals surface area contributed by atoms with Crippen LogP contribution in [-0.2, 0) is 10.0 Å². The summed E-state index contributed by atoms with van der Waals surface area (Å²) in [5.41, 5.74) is 4.21. The molecule has 1 aliphatic carbocycles. The highest BCUT2D eigenvalue weighted by Gasteiger charge is 2.49. The SMILES string of the molecule is CC(C)(NS(=O)(=O)c1ccc(-c2c(C(N)=O)c3cc(Cl)cnc3n2C2CCC2)nc1)C(F)(F)F. The Kier molecular flexibility index (Phi) is 5.90. The van der Waals surface area contributed by atoms with E-state index in [1.54, 1.807) is 10.8 Å². The maximum Gasteiger partial charge on any atom is 0.407 e. The third-order valence-electron chi connectivity index (χ3n) is 5.88. The predicted octanol–water partition coefficient (Wildman–Crippen LogP) is 4.19. The van der Waals surface area contributed by atoms with Crippen molar-refractivity contribution in [1.29, 1.82) is 0 Å². The van der Waals surface area contributed by atoms with Crippen molar-refractivity contribution in [3.63, 3.8) is 0 Å². The first kappa shape index (κ1) is 24.4. The molecule has 182 valence electrons. The number of carbonyl (C=O) groups excluding carboxylic acids is 1. The number of aromatic nitrogens is 3. The number of primary amides is 1. The predicted molar refractivity (Wildman–Crippen MR) is 120 cm³/mol. The van der Waals surface area contributed by atoms with Gasteiger partial charge in [-0.2, -0.15) is 17.9 Å². The Balaban J connectivity index is 1.83. The van der Waals surface area contributed by atoms with Crippen LogP contribution in [0.3, 0.4) is 0 Å². The molecule has 0 saturated heterocycles. The lowest BCUT2D eigenvalue weighted by atomic mass is 9.92. The maximum absolute atomic E-state index is 13.2. The lowest BCUT2D eigenvalue weighted by molar-refractivity contribution is -0.180. The molecule has 0 aliphatic heterocycles. The lowest BCUT2D eigenvalue weighted by Crippen LogP contribution is -2.54. The molecule has 0 unspecified atom stereocenters. The van der Waals surface area contributed by atoms with Crippen LogP contribution in [0.4, 0.5) is 13.2 Å². The number of sulfonamides is 1. The molecular formula is C21H21ClF3N5O3S. The number of alkyl halides is 3. The van der Waals surface area contributed by atoms with Gasteiger partial charge in [0, 0.05) is 23.8 Å². The number of rotatable bonds is 6. The van der Waals surface area contributed by atoms with E-state index in [0.29, 0.717) is 21.7 Å². The van der Waals surface area contributed by atoms with Gasteiger partial charge in [0.05, 0.1) is 22.0 Å². The fourth-order valence-corrected chi connectivity index (χ4v) is 5.30. The molecule has 34 heavy (non-hydrogen) atoms. The zero-order valence-corrected chi connectivity index (χ0v) is 19.7. The summed E-state index contributed by atoms with van der Waals surface area (Å²) in [5, 5.41) is 0.744. The molecule has 3 N–H and O–H groups in total. The van der Waals surface area contributed by atoms with Crippen molar-refractivity contribution in [2.24, 2.45) is 5.73 Å². The van der Waals surface area contributed by atoms with Crippen LogP contribution in [0.15, 0.2) is 35.5 Å². The number of nitrogens with one attached hydrogen (secondary N) is 1. The number of carbonyl (C=O) groups is 1. The molecule has 0 atom stereocenters. The topological polar surface area (TPSA) is 120 Å². The fraction of sp³-hybridized carbons (Fsp3) is 0.381. The largest absolute Gasteiger partial charge is 0.407 e. The Labute approximate surface area is 198 Å². The van der Waals surface area contributed by atoms with Gasteiger partial charge < -0.3 is 10.3 Å². The first-order valence-corrected chi connectivity index (χ1v) is 12.2. The van der Waals surface area contributed by atoms with Crippen LogP contribution in [0.2, 0.25) is 5.02 Å². The Hall–Kier alpha value is -2.70. The van der Waals surface area contributed by atoms with E-state index in [2.05, 4.69) is 9.97 Å². The van der Waals surface area contributed by atoms with Crippen molar-refractivity contribution in [1.82, 2.24) is 19.3 Å². The van der Waals surface area contributed by atoms with Crippen molar-refractivity contribution in [2.45, 2.75) is 55.8 Å². The minimum absolute atomic E-state index is 0.0266. The van der Waals surface area contributed by atoms with Crippen LogP contribution in [0, 0.1) is 0 Å². The van der Waals surface area contributed by atoms with Crippen LogP contribution in [0.25, 0.3) is 22.4 Å². The average Bonchev–Trinajstić information content (AvgIpc) is 2.99. The van der Waals surface area contributed by atoms with Crippen LogP contribution in [-0.4, -0.2) is 40.6 Å². The standard InChI is InChI=1S/C21H21ClF3N5O3S/c1-20(2,21(23,24)25)29-34(32,33)13-6-7-15(27-10-13)17-16(18(26)31)14-8-11(22)9-28-19(14)30(17)12-4-3-5-12/h6-10,12,29H,3-5H2,1-2H3,(H2,26,31). The maximum atomic E-state index is 13.2. The van der Waals surface area contributed by atoms with Crippen LogP contribution in [0.5, 0.6) is 0 Å². The van der Waals surface area contributed by atoms with Crippen molar-refractivity contribution in [3.05, 3.63) is 41.2 Å². The van der Waals surface area contributed by atoms with Gasteiger partial charge in [-0.3, -0.25) is 9.78 Å². The Morgan fingerprint density at radius 1 is 1.21 bits per heavy atom. The monoisotopic (exact) mass is 515 g/mol. The number of hydrogen-bond acceptors (Lipinski definition) is 5. The number of nitrogens with zero attached hydrogens (tertiary/aromatic N) is 3. The number of pyridine rings is 2. The van der Waals surface area contributed by atoms with Crippen LogP contribution >= 0.6 is 11.6 Å². The number of halogens is 4. The fourth-order valence-electron chi connectivity index (χ4n) is 3.80. The Morgan fingerprint density at radius 3 is 2.38 bits per heavy atom. The van der Waals surface area contributed by atoms with E-state index in [1.807, 2.05) is 4.57 Å². The molecular weight excluding hydrogens is 495 g/mol. The summed E-state index contributed by atoms with van der Waals surface area (Å²) in [6.45, 7) is 1.45. The minimum Gasteiger partial charge on any atom is -0.366 e. The zero-order valence-electron chi connectivity index (χ0n) is 18.1. The Bertz CT molecular complexity index is 1380. The van der Waals surface area contributed by atoms with Gasteiger partial charge in [0.1, 0.15) is 16.1 Å². The number of fused-ring (bicyclic) bond motifs is 1. The molecule has 0 bridgehead atoms. The van der Waals surface area contributed by atoms with E-state index in [0.717, 1.165) is 45.4 Å². The normalized spacial score (nSPS) is 15.5. The number of hydrogen-bond donors (Lipinski definition) is 2. The molecule has 3 aromatic heterocycles. The molecule has 0 spiro atoms. The highest BCUT2D eigenvalue weighted by atomic mass is 35.5. The highest BCUT2D eigenvalue weighted by Crippen LogP contribution is 2.42. The molecule has 1 amide bonds. The molecule has 8 nitrogen and oxygen atoms in total. The van der Waals surface area contributed by atoms with Gasteiger partial charge in [0.15, 0.2) is 0 Å². The first-order valence-electron chi connectivity index (χ1n) is 10.3. The van der Waals surface area contributed by atoms with Gasteiger partial charge in [-0.15, -0.1) is 0 Å². The summed E-state index contributed by atoms with van der Waals surface area (Å²) in [4.78, 5) is 20.5. The lowest BCUT2D eigenvalue weighted by Gasteiger charge is -2.29. The summed E-state index contributed by atoms with van der Waals surface area (Å²) >= 11 is 6.09. The molecule has 1 saturated carbocycles. The van der Waals surface area contributed by atoms with Crippen molar-refractivity contribution >= 4 is 38.6 Å². The van der Waals surface area contributed by atoms with Gasteiger partial charge >= 0.3 is 6.18 Å². The van der Waals surface area contributed by atoms with E-state index >= 15 is 0 Å². The molecule has 0 aromatic carbocycles. The van der Waals surface area contributed by atoms with Crippen LogP contribution < -0.4 is 10.5 Å². The van der Waals surface area contributed by atoms with E-state index in [-0.39, 0.29) is 17.3 Å². The molecule has 3 aromatic rings. The smallest absolute Gasteiger partial charge is 0.366 e. The van der Waals surface area contributed by atoms with Gasteiger partial charge in [0.2, 0.25) is 10.0 Å². The molecule has 13 heteroatoms. The van der Waals surface area contributed by atoms with Crippen molar-refractivity contribution < 1.29 is 26.4 Å². The van der Waals surface area contributed by atoms with E-state index in [9.17, 15) is 26.4 Å². The molecule has 1 aliphatic rings. The van der Waals surface area contributed by atoms with Gasteiger partial charge in [-0.05, 0) is 51.3 Å². The highest BCUT2D eigenvalue weighted by molar-refractivity contribution is 7.89. The second kappa shape index (κ2) is 8.21. The van der Waals surface area contributed by atoms with Gasteiger partial charge in [-0.25, -0.2) is 13.4 Å². The van der Waals surface area contributed by atoms with Crippen LogP contribution in [0.1, 0.15) is 49.5 Å². The van der Waals surface area contributed by atoms with E-state index in [4.69, 9.17) is 17.3 Å². The molecule has 0 radical (unpaired) electrons. The quantitative estimate of drug-likeness (QED) is 0.510. The summed E-state index contributed by atoms with van der Waals surface area (Å²) in [5.74, 6) is -0.741.